The Morgan fingerprint density at radius 2 is 2.50 bits per heavy atom. The average molecular weight is 148 g/mol. The first-order valence-corrected chi connectivity index (χ1v) is 3.73. The summed E-state index contributed by atoms with van der Waals surface area (Å²) in [6.07, 6.45) is 3.35. The van der Waals surface area contributed by atoms with Crippen molar-refractivity contribution in [1.82, 2.24) is 0 Å². The molecule has 48 valence electrons. The van der Waals surface area contributed by atoms with Crippen LogP contribution in [0.4, 0.5) is 0 Å². The molecule has 0 fully saturated rings. The van der Waals surface area contributed by atoms with Crippen LogP contribution in [0.5, 0.6) is 0 Å². The minimum atomic E-state index is 0.985. The Hall–Kier alpha value is -1.18. The largest absolute Gasteiger partial charge is 0.245 e. The Balaban J connectivity index is 2.94. The predicted molar refractivity (Wildman–Crippen MR) is 41.6 cm³/mol. The summed E-state index contributed by atoms with van der Waals surface area (Å²) in [5.74, 6) is 2.66. The Labute approximate surface area is 61.6 Å². The highest BCUT2D eigenvalue weighted by atomic mass is 32.1. The van der Waals surface area contributed by atoms with Gasteiger partial charge in [0.2, 0.25) is 0 Å². The summed E-state index contributed by atoms with van der Waals surface area (Å²) >= 11 is 1.64. The molecule has 3 heteroatoms. The summed E-state index contributed by atoms with van der Waals surface area (Å²) in [6.45, 7) is 0. The van der Waals surface area contributed by atoms with Crippen LogP contribution >= 0.6 is 11.3 Å². The molecule has 0 spiro atoms. The number of hydrogen-bond acceptors (Lipinski definition) is 3. The molecule has 0 bridgehead atoms. The first-order valence-electron chi connectivity index (χ1n) is 2.85. The van der Waals surface area contributed by atoms with Crippen molar-refractivity contribution in [3.8, 4) is 0 Å². The molecule has 0 saturated carbocycles. The van der Waals surface area contributed by atoms with E-state index in [9.17, 15) is 0 Å². The molecular weight excluding hydrogens is 144 g/mol. The van der Waals surface area contributed by atoms with Gasteiger partial charge in [0.1, 0.15) is 0 Å². The summed E-state index contributed by atoms with van der Waals surface area (Å²) in [6, 6.07) is 1.97. The lowest BCUT2D eigenvalue weighted by molar-refractivity contribution is 1.38. The van der Waals surface area contributed by atoms with Crippen molar-refractivity contribution in [2.24, 2.45) is 9.98 Å². The minimum absolute atomic E-state index is 0.985. The van der Waals surface area contributed by atoms with Gasteiger partial charge >= 0.3 is 0 Å². The van der Waals surface area contributed by atoms with Crippen molar-refractivity contribution in [2.75, 3.05) is 0 Å². The number of rotatable bonds is 0. The van der Waals surface area contributed by atoms with Gasteiger partial charge in [0.25, 0.3) is 0 Å². The average Bonchev–Trinajstić information content (AvgIpc) is 2.28. The minimum Gasteiger partial charge on any atom is -0.245 e. The molecule has 0 N–H and O–H groups in total. The molecule has 1 aromatic heterocycles. The SMILES string of the molecule is C1=CN=c2ccsc2=CN=1. The van der Waals surface area contributed by atoms with E-state index < -0.39 is 0 Å². The second-order valence-corrected chi connectivity index (χ2v) is 2.76. The first kappa shape index (κ1) is 5.59. The lowest BCUT2D eigenvalue weighted by Crippen LogP contribution is -2.16. The van der Waals surface area contributed by atoms with Crippen molar-refractivity contribution < 1.29 is 0 Å². The zero-order chi connectivity index (χ0) is 6.81. The summed E-state index contributed by atoms with van der Waals surface area (Å²) in [4.78, 5) is 7.97. The molecule has 0 radical (unpaired) electrons. The molecule has 0 unspecified atom stereocenters. The van der Waals surface area contributed by atoms with E-state index in [2.05, 4.69) is 15.9 Å². The number of nitrogens with zero attached hydrogens (tertiary/aromatic N) is 2. The van der Waals surface area contributed by atoms with Crippen LogP contribution < -0.4 is 9.89 Å². The molecule has 2 heterocycles. The molecule has 2 rings (SSSR count). The molecule has 2 nitrogen and oxygen atoms in total. The second kappa shape index (κ2) is 2.21. The fourth-order valence-corrected chi connectivity index (χ4v) is 1.44. The van der Waals surface area contributed by atoms with Crippen LogP contribution in [0.25, 0.3) is 6.20 Å². The van der Waals surface area contributed by atoms with Gasteiger partial charge in [0.15, 0.2) is 0 Å². The quantitative estimate of drug-likeness (QED) is 0.505. The number of thiophene rings is 1. The Bertz CT molecular complexity index is 373. The molecule has 0 aromatic carbocycles. The van der Waals surface area contributed by atoms with Gasteiger partial charge in [-0.05, 0) is 11.4 Å². The lowest BCUT2D eigenvalue weighted by atomic mass is 10.5. The van der Waals surface area contributed by atoms with E-state index in [1.54, 1.807) is 23.7 Å². The predicted octanol–water partition coefficient (Wildman–Crippen LogP) is 0.303. The third-order valence-corrected chi connectivity index (χ3v) is 2.03. The smallest absolute Gasteiger partial charge is 0.0889 e. The maximum atomic E-state index is 4.10. The maximum absolute atomic E-state index is 4.10. The van der Waals surface area contributed by atoms with E-state index >= 15 is 0 Å². The summed E-state index contributed by atoms with van der Waals surface area (Å²) in [5.41, 5.74) is 0. The Morgan fingerprint density at radius 3 is 3.50 bits per heavy atom. The molecule has 0 saturated heterocycles. The van der Waals surface area contributed by atoms with Crippen LogP contribution in [0.15, 0.2) is 27.6 Å². The van der Waals surface area contributed by atoms with E-state index in [0.29, 0.717) is 0 Å². The van der Waals surface area contributed by atoms with Crippen LogP contribution in [-0.2, 0) is 0 Å². The van der Waals surface area contributed by atoms with E-state index in [1.165, 1.54) is 0 Å². The summed E-state index contributed by atoms with van der Waals surface area (Å²) in [5, 5.41) is 2.98. The van der Waals surface area contributed by atoms with Crippen molar-refractivity contribution in [3.63, 3.8) is 0 Å². The normalized spacial score (nSPS) is 13.2. The fourth-order valence-electron chi connectivity index (χ4n) is 0.745. The van der Waals surface area contributed by atoms with Gasteiger partial charge in [-0.25, -0.2) is 9.98 Å². The van der Waals surface area contributed by atoms with E-state index in [0.717, 1.165) is 9.89 Å². The summed E-state index contributed by atoms with van der Waals surface area (Å²) in [7, 11) is 0. The molecule has 1 aromatic rings. The van der Waals surface area contributed by atoms with Gasteiger partial charge < -0.3 is 0 Å². The standard InChI is InChI=1S/C7H4N2S/c1-4-10-7-5-8-2-3-9-6(1)7/h1,3-5H. The number of aliphatic imine (C=N–C) groups is 1. The lowest BCUT2D eigenvalue weighted by Gasteiger charge is -1.68. The van der Waals surface area contributed by atoms with Gasteiger partial charge in [-0.15, -0.1) is 11.3 Å². The maximum Gasteiger partial charge on any atom is 0.0889 e. The van der Waals surface area contributed by atoms with E-state index in [4.69, 9.17) is 0 Å². The number of fused-ring (bicyclic) bond motifs is 1. The highest BCUT2D eigenvalue weighted by Crippen LogP contribution is 1.83. The Morgan fingerprint density at radius 1 is 1.50 bits per heavy atom. The van der Waals surface area contributed by atoms with Gasteiger partial charge in [-0.1, -0.05) is 0 Å². The van der Waals surface area contributed by atoms with Gasteiger partial charge in [-0.3, -0.25) is 0 Å². The van der Waals surface area contributed by atoms with Crippen molar-refractivity contribution in [1.29, 1.82) is 0 Å². The molecule has 1 aliphatic rings. The molecule has 1 aliphatic heterocycles. The zero-order valence-electron chi connectivity index (χ0n) is 5.11. The monoisotopic (exact) mass is 148 g/mol. The topological polar surface area (TPSA) is 24.7 Å². The van der Waals surface area contributed by atoms with E-state index in [1.807, 2.05) is 11.4 Å². The van der Waals surface area contributed by atoms with E-state index in [-0.39, 0.29) is 0 Å². The molecule has 10 heavy (non-hydrogen) atoms. The molecule has 0 atom stereocenters. The summed E-state index contributed by atoms with van der Waals surface area (Å²) < 4.78 is 1.10. The number of hydrogen-bond donors (Lipinski definition) is 0. The van der Waals surface area contributed by atoms with Crippen molar-refractivity contribution in [2.45, 2.75) is 0 Å². The molecular formula is C7H4N2S. The molecule has 0 aliphatic carbocycles. The highest BCUT2D eigenvalue weighted by Gasteiger charge is 1.86. The fraction of sp³-hybridized carbons (Fsp3) is 0. The van der Waals surface area contributed by atoms with Crippen LogP contribution in [0.1, 0.15) is 0 Å². The zero-order valence-corrected chi connectivity index (χ0v) is 5.93. The van der Waals surface area contributed by atoms with Crippen molar-refractivity contribution >= 4 is 23.4 Å². The third kappa shape index (κ3) is 0.817. The molecule has 0 amide bonds. The van der Waals surface area contributed by atoms with Gasteiger partial charge in [0, 0.05) is 5.87 Å². The van der Waals surface area contributed by atoms with Crippen LogP contribution in [-0.4, -0.2) is 5.87 Å². The first-order chi connectivity index (χ1) is 4.97. The van der Waals surface area contributed by atoms with Crippen LogP contribution in [0.3, 0.4) is 0 Å². The van der Waals surface area contributed by atoms with Gasteiger partial charge in [0.05, 0.1) is 22.3 Å². The highest BCUT2D eigenvalue weighted by molar-refractivity contribution is 7.07. The van der Waals surface area contributed by atoms with Crippen LogP contribution in [0.2, 0.25) is 0 Å². The Kier molecular flexibility index (Phi) is 1.24. The van der Waals surface area contributed by atoms with Crippen LogP contribution in [0, 0.1) is 0 Å². The third-order valence-electron chi connectivity index (χ3n) is 1.19. The second-order valence-electron chi connectivity index (χ2n) is 1.82. The van der Waals surface area contributed by atoms with Gasteiger partial charge in [-0.2, -0.15) is 0 Å². The van der Waals surface area contributed by atoms with Crippen molar-refractivity contribution in [3.05, 3.63) is 27.5 Å².